The summed E-state index contributed by atoms with van der Waals surface area (Å²) in [6.45, 7) is 2.05. The van der Waals surface area contributed by atoms with Crippen LogP contribution in [0.3, 0.4) is 0 Å². The quantitative estimate of drug-likeness (QED) is 0.892. The Kier molecular flexibility index (Phi) is 5.00. The van der Waals surface area contributed by atoms with Crippen molar-refractivity contribution in [1.29, 1.82) is 0 Å². The van der Waals surface area contributed by atoms with Crippen molar-refractivity contribution in [2.24, 2.45) is 0 Å². The normalized spacial score (nSPS) is 18.0. The number of alkyl halides is 3. The highest BCUT2D eigenvalue weighted by atomic mass is 19.4. The van der Waals surface area contributed by atoms with Crippen LogP contribution >= 0.6 is 0 Å². The van der Waals surface area contributed by atoms with Crippen LogP contribution in [-0.2, 0) is 10.9 Å². The molecule has 0 aliphatic carbocycles. The van der Waals surface area contributed by atoms with Crippen molar-refractivity contribution in [1.82, 2.24) is 10.3 Å². The summed E-state index contributed by atoms with van der Waals surface area (Å²) in [6, 6.07) is 7.63. The second-order valence-electron chi connectivity index (χ2n) is 5.57. The van der Waals surface area contributed by atoms with Gasteiger partial charge in [0.15, 0.2) is 0 Å². The smallest absolute Gasteiger partial charge is 0.369 e. The van der Waals surface area contributed by atoms with Gasteiger partial charge in [0, 0.05) is 18.7 Å². The second-order valence-corrected chi connectivity index (χ2v) is 5.57. The molecule has 0 saturated carbocycles. The fourth-order valence-electron chi connectivity index (χ4n) is 2.47. The first-order chi connectivity index (χ1) is 11.9. The second kappa shape index (κ2) is 7.20. The molecular formula is C17H16F3N3O2. The van der Waals surface area contributed by atoms with Crippen LogP contribution in [0.4, 0.5) is 18.9 Å². The van der Waals surface area contributed by atoms with Crippen molar-refractivity contribution < 1.29 is 22.7 Å². The molecule has 8 heteroatoms. The van der Waals surface area contributed by atoms with E-state index in [1.807, 2.05) is 0 Å². The van der Waals surface area contributed by atoms with Gasteiger partial charge in [-0.3, -0.25) is 9.78 Å². The Balaban J connectivity index is 1.68. The molecular weight excluding hydrogens is 335 g/mol. The lowest BCUT2D eigenvalue weighted by atomic mass is 10.1. The molecule has 25 heavy (non-hydrogen) atoms. The first kappa shape index (κ1) is 17.4. The SMILES string of the molecule is O=C(Nc1ccc([C@@H]2CNCCO2)nc1)c1cccc(C(F)(F)F)c1. The van der Waals surface area contributed by atoms with E-state index in [9.17, 15) is 18.0 Å². The number of carbonyl (C=O) groups excluding carboxylic acids is 1. The molecule has 0 spiro atoms. The molecule has 132 valence electrons. The molecule has 5 nitrogen and oxygen atoms in total. The molecule has 2 heterocycles. The molecule has 1 amide bonds. The minimum atomic E-state index is -4.49. The highest BCUT2D eigenvalue weighted by molar-refractivity contribution is 6.04. The summed E-state index contributed by atoms with van der Waals surface area (Å²) in [5, 5.41) is 5.73. The molecule has 1 aliphatic rings. The van der Waals surface area contributed by atoms with Crippen LogP contribution in [-0.4, -0.2) is 30.6 Å². The average molecular weight is 351 g/mol. The Hall–Kier alpha value is -2.45. The van der Waals surface area contributed by atoms with Crippen molar-refractivity contribution >= 4 is 11.6 Å². The van der Waals surface area contributed by atoms with Gasteiger partial charge in [-0.05, 0) is 30.3 Å². The Morgan fingerprint density at radius 3 is 2.76 bits per heavy atom. The van der Waals surface area contributed by atoms with Crippen LogP contribution in [0.1, 0.15) is 27.7 Å². The van der Waals surface area contributed by atoms with Gasteiger partial charge in [0.1, 0.15) is 6.10 Å². The Labute approximate surface area is 142 Å². The number of ether oxygens (including phenoxy) is 1. The summed E-state index contributed by atoms with van der Waals surface area (Å²) >= 11 is 0. The number of pyridine rings is 1. The third-order valence-electron chi connectivity index (χ3n) is 3.75. The van der Waals surface area contributed by atoms with Crippen molar-refractivity contribution in [3.05, 3.63) is 59.4 Å². The summed E-state index contributed by atoms with van der Waals surface area (Å²) in [6.07, 6.45) is -3.19. The number of benzene rings is 1. The number of aromatic nitrogens is 1. The average Bonchev–Trinajstić information content (AvgIpc) is 2.62. The zero-order valence-electron chi connectivity index (χ0n) is 13.1. The van der Waals surface area contributed by atoms with E-state index in [1.165, 1.54) is 18.3 Å². The van der Waals surface area contributed by atoms with Crippen LogP contribution in [0.5, 0.6) is 0 Å². The number of carbonyl (C=O) groups is 1. The Bertz CT molecular complexity index is 742. The number of halogens is 3. The highest BCUT2D eigenvalue weighted by Gasteiger charge is 2.30. The number of morpholine rings is 1. The van der Waals surface area contributed by atoms with E-state index < -0.39 is 17.6 Å². The van der Waals surface area contributed by atoms with Gasteiger partial charge in [-0.2, -0.15) is 13.2 Å². The van der Waals surface area contributed by atoms with Gasteiger partial charge >= 0.3 is 6.18 Å². The van der Waals surface area contributed by atoms with Gasteiger partial charge in [0.25, 0.3) is 5.91 Å². The van der Waals surface area contributed by atoms with Gasteiger partial charge in [-0.1, -0.05) is 6.07 Å². The number of nitrogens with zero attached hydrogens (tertiary/aromatic N) is 1. The maximum absolute atomic E-state index is 12.7. The number of amides is 1. The number of hydrogen-bond acceptors (Lipinski definition) is 4. The summed E-state index contributed by atoms with van der Waals surface area (Å²) in [4.78, 5) is 16.4. The lowest BCUT2D eigenvalue weighted by Gasteiger charge is -2.23. The van der Waals surface area contributed by atoms with Crippen LogP contribution < -0.4 is 10.6 Å². The zero-order chi connectivity index (χ0) is 17.9. The van der Waals surface area contributed by atoms with Crippen LogP contribution in [0.2, 0.25) is 0 Å². The van der Waals surface area contributed by atoms with Gasteiger partial charge in [-0.15, -0.1) is 0 Å². The number of hydrogen-bond donors (Lipinski definition) is 2. The number of rotatable bonds is 3. The maximum atomic E-state index is 12.7. The Morgan fingerprint density at radius 1 is 1.28 bits per heavy atom. The van der Waals surface area contributed by atoms with Crippen LogP contribution in [0.15, 0.2) is 42.6 Å². The monoisotopic (exact) mass is 351 g/mol. The molecule has 2 aromatic rings. The number of nitrogens with one attached hydrogen (secondary N) is 2. The summed E-state index contributed by atoms with van der Waals surface area (Å²) in [7, 11) is 0. The van der Waals surface area contributed by atoms with E-state index in [4.69, 9.17) is 4.74 Å². The van der Waals surface area contributed by atoms with Crippen molar-refractivity contribution in [2.45, 2.75) is 12.3 Å². The highest BCUT2D eigenvalue weighted by Crippen LogP contribution is 2.29. The predicted molar refractivity (Wildman–Crippen MR) is 85.2 cm³/mol. The third kappa shape index (κ3) is 4.34. The van der Waals surface area contributed by atoms with Crippen LogP contribution in [0.25, 0.3) is 0 Å². The molecule has 1 aromatic heterocycles. The minimum Gasteiger partial charge on any atom is -0.369 e. The van der Waals surface area contributed by atoms with Gasteiger partial charge < -0.3 is 15.4 Å². The lowest BCUT2D eigenvalue weighted by Crippen LogP contribution is -2.33. The van der Waals surface area contributed by atoms with E-state index in [0.717, 1.165) is 24.4 Å². The van der Waals surface area contributed by atoms with Gasteiger partial charge in [0.05, 0.1) is 29.7 Å². The lowest BCUT2D eigenvalue weighted by molar-refractivity contribution is -0.137. The first-order valence-corrected chi connectivity index (χ1v) is 7.70. The molecule has 0 bridgehead atoms. The third-order valence-corrected chi connectivity index (χ3v) is 3.75. The van der Waals surface area contributed by atoms with Crippen molar-refractivity contribution in [2.75, 3.05) is 25.0 Å². The topological polar surface area (TPSA) is 63.2 Å². The predicted octanol–water partition coefficient (Wildman–Crippen LogP) is 3.01. The fourth-order valence-corrected chi connectivity index (χ4v) is 2.47. The molecule has 3 rings (SSSR count). The van der Waals surface area contributed by atoms with Gasteiger partial charge in [0.2, 0.25) is 0 Å². The van der Waals surface area contributed by atoms with E-state index in [1.54, 1.807) is 12.1 Å². The summed E-state index contributed by atoms with van der Waals surface area (Å²) in [5.41, 5.74) is 0.188. The summed E-state index contributed by atoms with van der Waals surface area (Å²) in [5.74, 6) is -0.628. The molecule has 0 unspecified atom stereocenters. The standard InChI is InChI=1S/C17H16F3N3O2/c18-17(19,20)12-3-1-2-11(8-12)16(24)23-13-4-5-14(22-9-13)15-10-21-6-7-25-15/h1-5,8-9,15,21H,6-7,10H2,(H,23,24)/t15-/m0/s1. The van der Waals surface area contributed by atoms with Crippen LogP contribution in [0, 0.1) is 0 Å². The molecule has 0 radical (unpaired) electrons. The van der Waals surface area contributed by atoms with E-state index in [-0.39, 0.29) is 11.7 Å². The largest absolute Gasteiger partial charge is 0.416 e. The van der Waals surface area contributed by atoms with Gasteiger partial charge in [-0.25, -0.2) is 0 Å². The zero-order valence-corrected chi connectivity index (χ0v) is 13.1. The van der Waals surface area contributed by atoms with E-state index >= 15 is 0 Å². The fraction of sp³-hybridized carbons (Fsp3) is 0.294. The molecule has 2 N–H and O–H groups in total. The molecule has 1 saturated heterocycles. The molecule has 1 aliphatic heterocycles. The molecule has 1 aromatic carbocycles. The van der Waals surface area contributed by atoms with E-state index in [0.29, 0.717) is 18.8 Å². The van der Waals surface area contributed by atoms with Crippen molar-refractivity contribution in [3.8, 4) is 0 Å². The maximum Gasteiger partial charge on any atom is 0.416 e. The summed E-state index contributed by atoms with van der Waals surface area (Å²) < 4.78 is 43.7. The first-order valence-electron chi connectivity index (χ1n) is 7.70. The molecule has 1 atom stereocenters. The Morgan fingerprint density at radius 2 is 2.12 bits per heavy atom. The molecule has 1 fully saturated rings. The van der Waals surface area contributed by atoms with Crippen molar-refractivity contribution in [3.63, 3.8) is 0 Å². The number of anilines is 1. The van der Waals surface area contributed by atoms with E-state index in [2.05, 4.69) is 15.6 Å². The minimum absolute atomic E-state index is 0.0706.